The van der Waals surface area contributed by atoms with Gasteiger partial charge in [-0.05, 0) is 83.5 Å². The number of carbonyl (C=O) groups excluding carboxylic acids is 3. The van der Waals surface area contributed by atoms with Crippen molar-refractivity contribution in [2.45, 2.75) is 180 Å². The number of ether oxygens (including phenoxy) is 3. The summed E-state index contributed by atoms with van der Waals surface area (Å²) in [5.74, 6) is -1.79. The van der Waals surface area contributed by atoms with E-state index in [1.165, 1.54) is 32.1 Å². The molecule has 57 heavy (non-hydrogen) atoms. The second-order valence-electron chi connectivity index (χ2n) is 15.9. The summed E-state index contributed by atoms with van der Waals surface area (Å²) in [5, 5.41) is 11.6. The molecule has 8 heteroatoms. The summed E-state index contributed by atoms with van der Waals surface area (Å²) >= 11 is 0. The lowest BCUT2D eigenvalue weighted by molar-refractivity contribution is -0.889. The Kier molecular flexibility index (Phi) is 37.3. The number of esters is 2. The molecule has 0 amide bonds. The molecule has 0 aliphatic rings. The highest BCUT2D eigenvalue weighted by atomic mass is 16.6. The highest BCUT2D eigenvalue weighted by Gasteiger charge is 2.25. The number of allylic oxidation sites excluding steroid dienone is 12. The third kappa shape index (κ3) is 38.1. The second-order valence-corrected chi connectivity index (χ2v) is 15.9. The highest BCUT2D eigenvalue weighted by Crippen LogP contribution is 2.12. The number of carboxylic acids is 1. The van der Waals surface area contributed by atoms with Gasteiger partial charge in [-0.1, -0.05) is 138 Å². The molecule has 0 rings (SSSR count). The highest BCUT2D eigenvalue weighted by molar-refractivity contribution is 5.70. The average Bonchev–Trinajstić information content (AvgIpc) is 3.17. The van der Waals surface area contributed by atoms with Crippen LogP contribution in [0.4, 0.5) is 0 Å². The molecule has 0 aliphatic carbocycles. The van der Waals surface area contributed by atoms with Crippen molar-refractivity contribution in [2.24, 2.45) is 0 Å². The Bertz CT molecular complexity index is 1160. The molecule has 0 saturated carbocycles. The predicted octanol–water partition coefficient (Wildman–Crippen LogP) is 11.0. The number of rotatable bonds is 39. The Morgan fingerprint density at radius 3 is 1.46 bits per heavy atom. The van der Waals surface area contributed by atoms with Crippen molar-refractivity contribution in [3.8, 4) is 0 Å². The van der Waals surface area contributed by atoms with Crippen LogP contribution >= 0.6 is 0 Å². The summed E-state index contributed by atoms with van der Waals surface area (Å²) in [6.45, 7) is 4.48. The molecule has 0 bridgehead atoms. The third-order valence-electron chi connectivity index (χ3n) is 9.58. The van der Waals surface area contributed by atoms with Crippen LogP contribution < -0.4 is 5.11 Å². The van der Waals surface area contributed by atoms with Crippen molar-refractivity contribution in [3.63, 3.8) is 0 Å². The predicted molar refractivity (Wildman–Crippen MR) is 235 cm³/mol. The first-order valence-electron chi connectivity index (χ1n) is 22.5. The number of unbranched alkanes of at least 4 members (excludes halogenated alkanes) is 13. The molecule has 0 radical (unpaired) electrons. The van der Waals surface area contributed by atoms with Crippen LogP contribution in [0.25, 0.3) is 0 Å². The zero-order chi connectivity index (χ0) is 42.1. The van der Waals surface area contributed by atoms with Gasteiger partial charge in [0.05, 0.1) is 40.3 Å². The molecule has 0 aromatic carbocycles. The largest absolute Gasteiger partial charge is 0.544 e. The lowest BCUT2D eigenvalue weighted by Crippen LogP contribution is -2.55. The van der Waals surface area contributed by atoms with E-state index in [1.807, 2.05) is 0 Å². The molecule has 0 fully saturated rings. The molecule has 0 aromatic heterocycles. The smallest absolute Gasteiger partial charge is 0.306 e. The zero-order valence-corrected chi connectivity index (χ0v) is 37.0. The molecule has 0 N–H and O–H groups in total. The number of quaternary nitrogens is 1. The van der Waals surface area contributed by atoms with Gasteiger partial charge in [0.2, 0.25) is 0 Å². The van der Waals surface area contributed by atoms with Gasteiger partial charge in [-0.2, -0.15) is 0 Å². The van der Waals surface area contributed by atoms with E-state index in [4.69, 9.17) is 14.2 Å². The fourth-order valence-corrected chi connectivity index (χ4v) is 6.09. The summed E-state index contributed by atoms with van der Waals surface area (Å²) in [6, 6.07) is -0.736. The first-order valence-corrected chi connectivity index (χ1v) is 22.5. The maximum Gasteiger partial charge on any atom is 0.306 e. The number of likely N-dealkylation sites (N-methyl/N-ethyl adjacent to an activating group) is 1. The van der Waals surface area contributed by atoms with E-state index >= 15 is 0 Å². The molecule has 326 valence electrons. The number of hydrogen-bond donors (Lipinski definition) is 0. The fraction of sp³-hybridized carbons (Fsp3) is 0.694. The summed E-state index contributed by atoms with van der Waals surface area (Å²) in [5.41, 5.74) is 0. The van der Waals surface area contributed by atoms with E-state index in [-0.39, 0.29) is 49.1 Å². The molecule has 0 aliphatic heterocycles. The Balaban J connectivity index is 4.42. The number of hydrogen-bond acceptors (Lipinski definition) is 7. The van der Waals surface area contributed by atoms with Crippen LogP contribution in [0.2, 0.25) is 0 Å². The van der Waals surface area contributed by atoms with E-state index < -0.39 is 18.1 Å². The Labute approximate surface area is 349 Å². The van der Waals surface area contributed by atoms with Gasteiger partial charge in [-0.25, -0.2) is 0 Å². The topological polar surface area (TPSA) is 102 Å². The SMILES string of the molecule is CC/C=C\C/C=C\C/C=C\C/C=C\CCCCCCC(=O)OC(COCCC(C(=O)[O-])[N+](C)(C)C)COC(=O)CCCCCCC/C=C\C/C=C\CCCCCC. The van der Waals surface area contributed by atoms with Gasteiger partial charge in [0.15, 0.2) is 6.10 Å². The van der Waals surface area contributed by atoms with Crippen molar-refractivity contribution < 1.29 is 38.2 Å². The van der Waals surface area contributed by atoms with Gasteiger partial charge < -0.3 is 28.6 Å². The maximum absolute atomic E-state index is 12.7. The molecule has 0 aromatic rings. The van der Waals surface area contributed by atoms with E-state index in [0.717, 1.165) is 103 Å². The van der Waals surface area contributed by atoms with Crippen molar-refractivity contribution in [2.75, 3.05) is 41.0 Å². The van der Waals surface area contributed by atoms with E-state index in [9.17, 15) is 19.5 Å². The van der Waals surface area contributed by atoms with Crippen molar-refractivity contribution in [1.82, 2.24) is 0 Å². The minimum Gasteiger partial charge on any atom is -0.544 e. The number of carboxylic acid groups (broad SMARTS) is 1. The number of nitrogens with zero attached hydrogens (tertiary/aromatic N) is 1. The quantitative estimate of drug-likeness (QED) is 0.0264. The van der Waals surface area contributed by atoms with Gasteiger partial charge in [0.25, 0.3) is 0 Å². The van der Waals surface area contributed by atoms with Crippen LogP contribution in [-0.2, 0) is 28.6 Å². The molecular formula is C49H83NO7. The van der Waals surface area contributed by atoms with Gasteiger partial charge in [-0.3, -0.25) is 9.59 Å². The van der Waals surface area contributed by atoms with Crippen LogP contribution in [0.5, 0.6) is 0 Å². The Hall–Kier alpha value is -3.23. The van der Waals surface area contributed by atoms with E-state index in [0.29, 0.717) is 6.42 Å². The van der Waals surface area contributed by atoms with Crippen molar-refractivity contribution in [1.29, 1.82) is 0 Å². The van der Waals surface area contributed by atoms with Crippen LogP contribution in [-0.4, -0.2) is 75.5 Å². The number of carbonyl (C=O) groups is 3. The molecule has 2 atom stereocenters. The maximum atomic E-state index is 12.7. The van der Waals surface area contributed by atoms with Gasteiger partial charge >= 0.3 is 11.9 Å². The Morgan fingerprint density at radius 2 is 0.982 bits per heavy atom. The third-order valence-corrected chi connectivity index (χ3v) is 9.58. The standard InChI is InChI=1S/C49H83NO7/c1-6-8-10-12-14-16-18-20-22-24-26-28-30-32-34-36-38-40-48(52)57-45(43-55-42-41-46(49(53)54)50(3,4)5)44-56-47(51)39-37-35-33-31-29-27-25-23-21-19-17-15-13-11-9-7-2/h8,10,14,16-17,19-20,22-23,25-26,28,45-46H,6-7,9,11-13,15,18,21,24,27,29-44H2,1-5H3/b10-8-,16-14-,19-17-,22-20-,25-23-,28-26-. The van der Waals surface area contributed by atoms with Crippen LogP contribution in [0, 0.1) is 0 Å². The van der Waals surface area contributed by atoms with E-state index in [1.54, 1.807) is 21.1 Å². The molecule has 0 heterocycles. The fourth-order valence-electron chi connectivity index (χ4n) is 6.09. The summed E-state index contributed by atoms with van der Waals surface area (Å²) in [7, 11) is 5.39. The second kappa shape index (κ2) is 39.6. The van der Waals surface area contributed by atoms with Crippen LogP contribution in [0.15, 0.2) is 72.9 Å². The zero-order valence-electron chi connectivity index (χ0n) is 37.0. The average molecular weight is 798 g/mol. The number of aliphatic carboxylic acids is 1. The van der Waals surface area contributed by atoms with E-state index in [2.05, 4.69) is 86.8 Å². The summed E-state index contributed by atoms with van der Waals surface area (Å²) in [6.07, 6.45) is 49.2. The van der Waals surface area contributed by atoms with Crippen LogP contribution in [0.1, 0.15) is 168 Å². The molecule has 0 saturated heterocycles. The minimum absolute atomic E-state index is 0.0224. The lowest BCUT2D eigenvalue weighted by atomic mass is 10.1. The van der Waals surface area contributed by atoms with Gasteiger partial charge in [-0.15, -0.1) is 0 Å². The molecule has 8 nitrogen and oxygen atoms in total. The lowest BCUT2D eigenvalue weighted by Gasteiger charge is -2.34. The summed E-state index contributed by atoms with van der Waals surface area (Å²) < 4.78 is 17.1. The first kappa shape index (κ1) is 53.8. The Morgan fingerprint density at radius 1 is 0.544 bits per heavy atom. The molecular weight excluding hydrogens is 715 g/mol. The van der Waals surface area contributed by atoms with Crippen LogP contribution in [0.3, 0.4) is 0 Å². The minimum atomic E-state index is -1.13. The monoisotopic (exact) mass is 798 g/mol. The first-order chi connectivity index (χ1) is 27.6. The summed E-state index contributed by atoms with van der Waals surface area (Å²) in [4.78, 5) is 36.9. The van der Waals surface area contributed by atoms with Gasteiger partial charge in [0, 0.05) is 19.3 Å². The molecule has 2 unspecified atom stereocenters. The van der Waals surface area contributed by atoms with Crippen molar-refractivity contribution in [3.05, 3.63) is 72.9 Å². The van der Waals surface area contributed by atoms with Crippen molar-refractivity contribution >= 4 is 17.9 Å². The normalized spacial score (nSPS) is 13.6. The van der Waals surface area contributed by atoms with Gasteiger partial charge in [0.1, 0.15) is 12.6 Å². The molecule has 0 spiro atoms.